The molecule has 1 aliphatic heterocycles. The second-order valence-corrected chi connectivity index (χ2v) is 6.10. The van der Waals surface area contributed by atoms with E-state index in [0.29, 0.717) is 6.61 Å². The van der Waals surface area contributed by atoms with Crippen LogP contribution < -0.4 is 0 Å². The van der Waals surface area contributed by atoms with Crippen LogP contribution in [0.2, 0.25) is 0 Å². The average molecular weight is 276 g/mol. The Morgan fingerprint density at radius 3 is 2.80 bits per heavy atom. The number of aliphatic hydroxyl groups excluding tert-OH is 1. The second kappa shape index (κ2) is 4.79. The highest BCUT2D eigenvalue weighted by Crippen LogP contribution is 2.50. The molecule has 0 saturated carbocycles. The Bertz CT molecular complexity index is 551. The van der Waals surface area contributed by atoms with Crippen molar-refractivity contribution in [2.45, 2.75) is 25.9 Å². The standard InChI is InChI=1S/C16H20O4/c1-10-4-5-16(8-17)7-12(10)15(20-9-16)11-2-3-13(18)14(19)6-11/h2-4,6,12,15,17-19H,5,7-9H2,1H3/t12-,15+,16-/m1/s1. The van der Waals surface area contributed by atoms with Crippen LogP contribution in [0.3, 0.4) is 0 Å². The van der Waals surface area contributed by atoms with Crippen LogP contribution in [0.4, 0.5) is 0 Å². The molecule has 1 heterocycles. The van der Waals surface area contributed by atoms with Gasteiger partial charge in [-0.25, -0.2) is 0 Å². The van der Waals surface area contributed by atoms with Crippen molar-refractivity contribution in [2.24, 2.45) is 11.3 Å². The summed E-state index contributed by atoms with van der Waals surface area (Å²) in [5.74, 6) is -0.0266. The molecule has 1 aromatic rings. The summed E-state index contributed by atoms with van der Waals surface area (Å²) in [6.45, 7) is 2.75. The van der Waals surface area contributed by atoms with Crippen LogP contribution in [0, 0.1) is 11.3 Å². The zero-order valence-corrected chi connectivity index (χ0v) is 11.5. The van der Waals surface area contributed by atoms with Gasteiger partial charge in [-0.15, -0.1) is 0 Å². The number of hydrogen-bond donors (Lipinski definition) is 3. The Morgan fingerprint density at radius 1 is 1.30 bits per heavy atom. The quantitative estimate of drug-likeness (QED) is 0.573. The molecule has 1 fully saturated rings. The molecule has 108 valence electrons. The Morgan fingerprint density at radius 2 is 2.10 bits per heavy atom. The lowest BCUT2D eigenvalue weighted by Gasteiger charge is -2.47. The average Bonchev–Trinajstić information content (AvgIpc) is 2.47. The van der Waals surface area contributed by atoms with Gasteiger partial charge < -0.3 is 20.1 Å². The lowest BCUT2D eigenvalue weighted by molar-refractivity contribution is -0.113. The number of ether oxygens (including phenoxy) is 1. The molecule has 4 heteroatoms. The monoisotopic (exact) mass is 276 g/mol. The maximum Gasteiger partial charge on any atom is 0.157 e. The van der Waals surface area contributed by atoms with Gasteiger partial charge in [0.2, 0.25) is 0 Å². The number of aliphatic hydroxyl groups is 1. The normalized spacial score (nSPS) is 32.8. The summed E-state index contributed by atoms with van der Waals surface area (Å²) in [5.41, 5.74) is 1.98. The smallest absolute Gasteiger partial charge is 0.157 e. The van der Waals surface area contributed by atoms with Crippen LogP contribution in [0.1, 0.15) is 31.4 Å². The number of hydrogen-bond acceptors (Lipinski definition) is 4. The van der Waals surface area contributed by atoms with E-state index in [1.165, 1.54) is 11.6 Å². The van der Waals surface area contributed by atoms with E-state index in [4.69, 9.17) is 4.74 Å². The molecule has 1 saturated heterocycles. The van der Waals surface area contributed by atoms with Crippen molar-refractivity contribution in [3.05, 3.63) is 35.4 Å². The van der Waals surface area contributed by atoms with Gasteiger partial charge in [0, 0.05) is 11.3 Å². The topological polar surface area (TPSA) is 69.9 Å². The van der Waals surface area contributed by atoms with E-state index in [2.05, 4.69) is 13.0 Å². The SMILES string of the molecule is CC1=CC[C@@]2(CO)CO[C@@H](c3ccc(O)c(O)c3)[C@@H]1C2. The Hall–Kier alpha value is -1.52. The molecule has 1 aromatic carbocycles. The fraction of sp³-hybridized carbons (Fsp3) is 0.500. The van der Waals surface area contributed by atoms with Crippen LogP contribution in [0.5, 0.6) is 11.5 Å². The zero-order valence-electron chi connectivity index (χ0n) is 11.5. The number of rotatable bonds is 2. The van der Waals surface area contributed by atoms with E-state index >= 15 is 0 Å². The highest BCUT2D eigenvalue weighted by atomic mass is 16.5. The Balaban J connectivity index is 1.93. The lowest BCUT2D eigenvalue weighted by Crippen LogP contribution is -2.43. The van der Waals surface area contributed by atoms with Gasteiger partial charge in [-0.2, -0.15) is 0 Å². The fourth-order valence-electron chi connectivity index (χ4n) is 3.31. The first kappa shape index (κ1) is 13.5. The van der Waals surface area contributed by atoms with E-state index in [0.717, 1.165) is 18.4 Å². The van der Waals surface area contributed by atoms with E-state index in [-0.39, 0.29) is 35.5 Å². The molecule has 0 aromatic heterocycles. The first-order valence-corrected chi connectivity index (χ1v) is 6.96. The van der Waals surface area contributed by atoms with Crippen molar-refractivity contribution < 1.29 is 20.1 Å². The summed E-state index contributed by atoms with van der Waals surface area (Å²) in [6, 6.07) is 4.84. The fourth-order valence-corrected chi connectivity index (χ4v) is 3.31. The number of aromatic hydroxyl groups is 2. The zero-order chi connectivity index (χ0) is 14.3. The minimum Gasteiger partial charge on any atom is -0.504 e. The molecule has 3 rings (SSSR count). The summed E-state index contributed by atoms with van der Waals surface area (Å²) < 4.78 is 6.00. The number of benzene rings is 1. The summed E-state index contributed by atoms with van der Waals surface area (Å²) in [7, 11) is 0. The first-order valence-electron chi connectivity index (χ1n) is 6.96. The highest BCUT2D eigenvalue weighted by Gasteiger charge is 2.44. The number of fused-ring (bicyclic) bond motifs is 2. The minimum absolute atomic E-state index is 0.120. The molecular formula is C16H20O4. The van der Waals surface area contributed by atoms with Gasteiger partial charge in [0.15, 0.2) is 11.5 Å². The maximum absolute atomic E-state index is 9.66. The number of phenols is 2. The third kappa shape index (κ3) is 2.09. The lowest BCUT2D eigenvalue weighted by atomic mass is 9.67. The van der Waals surface area contributed by atoms with E-state index in [9.17, 15) is 15.3 Å². The largest absolute Gasteiger partial charge is 0.504 e. The van der Waals surface area contributed by atoms with Gasteiger partial charge in [-0.05, 0) is 37.5 Å². The summed E-state index contributed by atoms with van der Waals surface area (Å²) in [4.78, 5) is 0. The molecule has 0 spiro atoms. The van der Waals surface area contributed by atoms with Crippen LogP contribution in [0.25, 0.3) is 0 Å². The summed E-state index contributed by atoms with van der Waals surface area (Å²) in [5, 5.41) is 28.7. The Kier molecular flexibility index (Phi) is 3.22. The molecule has 1 aliphatic carbocycles. The molecule has 2 bridgehead atoms. The van der Waals surface area contributed by atoms with Gasteiger partial charge in [0.25, 0.3) is 0 Å². The molecule has 20 heavy (non-hydrogen) atoms. The van der Waals surface area contributed by atoms with E-state index < -0.39 is 0 Å². The molecule has 0 unspecified atom stereocenters. The van der Waals surface area contributed by atoms with Crippen molar-refractivity contribution in [3.63, 3.8) is 0 Å². The molecule has 0 amide bonds. The van der Waals surface area contributed by atoms with E-state index in [1.807, 2.05) is 0 Å². The van der Waals surface area contributed by atoms with Crippen molar-refractivity contribution >= 4 is 0 Å². The minimum atomic E-state index is -0.153. The van der Waals surface area contributed by atoms with Gasteiger partial charge in [-0.3, -0.25) is 0 Å². The van der Waals surface area contributed by atoms with Gasteiger partial charge in [-0.1, -0.05) is 17.7 Å². The number of allylic oxidation sites excluding steroid dienone is 1. The van der Waals surface area contributed by atoms with Crippen LogP contribution in [-0.4, -0.2) is 28.5 Å². The third-order valence-corrected chi connectivity index (χ3v) is 4.69. The summed E-state index contributed by atoms with van der Waals surface area (Å²) >= 11 is 0. The van der Waals surface area contributed by atoms with Crippen LogP contribution in [-0.2, 0) is 4.74 Å². The first-order chi connectivity index (χ1) is 9.54. The van der Waals surface area contributed by atoms with Crippen molar-refractivity contribution in [3.8, 4) is 11.5 Å². The molecule has 3 atom stereocenters. The van der Waals surface area contributed by atoms with Crippen molar-refractivity contribution in [1.82, 2.24) is 0 Å². The van der Waals surface area contributed by atoms with E-state index in [1.54, 1.807) is 12.1 Å². The molecular weight excluding hydrogens is 256 g/mol. The van der Waals surface area contributed by atoms with Crippen LogP contribution in [0.15, 0.2) is 29.8 Å². The predicted octanol–water partition coefficient (Wildman–Crippen LogP) is 2.50. The highest BCUT2D eigenvalue weighted by molar-refractivity contribution is 5.42. The Labute approximate surface area is 118 Å². The van der Waals surface area contributed by atoms with Crippen molar-refractivity contribution in [1.29, 1.82) is 0 Å². The van der Waals surface area contributed by atoms with Crippen molar-refractivity contribution in [2.75, 3.05) is 13.2 Å². The molecule has 2 aliphatic rings. The third-order valence-electron chi connectivity index (χ3n) is 4.69. The van der Waals surface area contributed by atoms with Crippen LogP contribution >= 0.6 is 0 Å². The number of phenolic OH excluding ortho intramolecular Hbond substituents is 2. The molecule has 0 radical (unpaired) electrons. The van der Waals surface area contributed by atoms with Gasteiger partial charge in [0.05, 0.1) is 19.3 Å². The molecule has 4 nitrogen and oxygen atoms in total. The second-order valence-electron chi connectivity index (χ2n) is 6.10. The summed E-state index contributed by atoms with van der Waals surface area (Å²) in [6.07, 6.45) is 3.83. The predicted molar refractivity (Wildman–Crippen MR) is 74.5 cm³/mol. The van der Waals surface area contributed by atoms with Gasteiger partial charge >= 0.3 is 0 Å². The van der Waals surface area contributed by atoms with Gasteiger partial charge in [0.1, 0.15) is 0 Å². The maximum atomic E-state index is 9.66. The molecule has 3 N–H and O–H groups in total.